The first-order chi connectivity index (χ1) is 4.93. The van der Waals surface area contributed by atoms with Crippen molar-refractivity contribution in [1.29, 1.82) is 0 Å². The molecule has 0 aromatic rings. The van der Waals surface area contributed by atoms with Gasteiger partial charge in [-0.25, -0.2) is 0 Å². The zero-order valence-corrected chi connectivity index (χ0v) is 6.64. The monoisotopic (exact) mass is 137 g/mol. The summed E-state index contributed by atoms with van der Waals surface area (Å²) in [7, 11) is 0. The van der Waals surface area contributed by atoms with Gasteiger partial charge in [0, 0.05) is 12.4 Å². The van der Waals surface area contributed by atoms with E-state index in [2.05, 4.69) is 11.9 Å². The Labute approximate surface area is 62.9 Å². The topological polar surface area (TPSA) is 12.4 Å². The fraction of sp³-hybridized carbons (Fsp3) is 0.667. The molecule has 1 aliphatic rings. The molecule has 0 amide bonds. The summed E-state index contributed by atoms with van der Waals surface area (Å²) in [6.07, 6.45) is 10.3. The lowest BCUT2D eigenvalue weighted by molar-refractivity contribution is 0.735. The van der Waals surface area contributed by atoms with Gasteiger partial charge in [-0.1, -0.05) is 12.5 Å². The fourth-order valence-electron chi connectivity index (χ4n) is 1.15. The Hall–Kier alpha value is -0.590. The number of hydrogen-bond donors (Lipinski definition) is 0. The van der Waals surface area contributed by atoms with Crippen molar-refractivity contribution in [2.24, 2.45) is 4.99 Å². The van der Waals surface area contributed by atoms with Crippen LogP contribution >= 0.6 is 0 Å². The summed E-state index contributed by atoms with van der Waals surface area (Å²) in [4.78, 5) is 4.20. The largest absolute Gasteiger partial charge is 0.269 e. The van der Waals surface area contributed by atoms with E-state index in [1.165, 1.54) is 24.8 Å². The third-order valence-corrected chi connectivity index (χ3v) is 1.90. The van der Waals surface area contributed by atoms with Gasteiger partial charge < -0.3 is 0 Å². The molecule has 0 aromatic carbocycles. The van der Waals surface area contributed by atoms with Crippen LogP contribution in [0.2, 0.25) is 0 Å². The minimum absolute atomic E-state index is 1.16. The molecule has 0 radical (unpaired) electrons. The number of nitrogens with zero attached hydrogens (tertiary/aromatic N) is 1. The molecule has 0 fully saturated rings. The van der Waals surface area contributed by atoms with Crippen LogP contribution in [-0.2, 0) is 0 Å². The van der Waals surface area contributed by atoms with E-state index in [9.17, 15) is 0 Å². The summed E-state index contributed by atoms with van der Waals surface area (Å²) in [5.41, 5.74) is 1.50. The molecule has 0 atom stereocenters. The van der Waals surface area contributed by atoms with E-state index >= 15 is 0 Å². The summed E-state index contributed by atoms with van der Waals surface area (Å²) in [6.45, 7) is 2.20. The summed E-state index contributed by atoms with van der Waals surface area (Å²) < 4.78 is 0. The molecule has 1 heterocycles. The highest BCUT2D eigenvalue weighted by molar-refractivity contribution is 5.58. The van der Waals surface area contributed by atoms with E-state index in [0.29, 0.717) is 0 Å². The average Bonchev–Trinajstić information content (AvgIpc) is 1.87. The highest BCUT2D eigenvalue weighted by atomic mass is 14.7. The molecule has 56 valence electrons. The van der Waals surface area contributed by atoms with Gasteiger partial charge >= 0.3 is 0 Å². The number of rotatable bonds is 1. The maximum absolute atomic E-state index is 4.20. The quantitative estimate of drug-likeness (QED) is 0.527. The molecule has 1 nitrogen and oxygen atoms in total. The molecule has 1 rings (SSSR count). The third-order valence-electron chi connectivity index (χ3n) is 1.90. The second-order valence-corrected chi connectivity index (χ2v) is 2.72. The Bertz CT molecular complexity index is 145. The Morgan fingerprint density at radius 1 is 1.50 bits per heavy atom. The third kappa shape index (κ3) is 2.34. The van der Waals surface area contributed by atoms with Crippen LogP contribution < -0.4 is 0 Å². The Morgan fingerprint density at radius 3 is 3.20 bits per heavy atom. The van der Waals surface area contributed by atoms with Crippen LogP contribution in [0, 0.1) is 0 Å². The molecule has 0 aromatic heterocycles. The Morgan fingerprint density at radius 2 is 2.40 bits per heavy atom. The van der Waals surface area contributed by atoms with Crippen molar-refractivity contribution in [3.63, 3.8) is 0 Å². The maximum atomic E-state index is 4.20. The van der Waals surface area contributed by atoms with Crippen LogP contribution in [-0.4, -0.2) is 6.21 Å². The minimum Gasteiger partial charge on any atom is -0.269 e. The van der Waals surface area contributed by atoms with Crippen LogP contribution in [0.1, 0.15) is 39.0 Å². The summed E-state index contributed by atoms with van der Waals surface area (Å²) in [5.74, 6) is 0. The van der Waals surface area contributed by atoms with Crippen molar-refractivity contribution in [1.82, 2.24) is 0 Å². The van der Waals surface area contributed by atoms with Gasteiger partial charge in [0.25, 0.3) is 0 Å². The van der Waals surface area contributed by atoms with Crippen molar-refractivity contribution in [2.75, 3.05) is 0 Å². The predicted octanol–water partition coefficient (Wildman–Crippen LogP) is 2.93. The van der Waals surface area contributed by atoms with E-state index < -0.39 is 0 Å². The lowest BCUT2D eigenvalue weighted by atomic mass is 10.1. The fourth-order valence-corrected chi connectivity index (χ4v) is 1.15. The molecule has 10 heavy (non-hydrogen) atoms. The zero-order valence-electron chi connectivity index (χ0n) is 6.64. The van der Waals surface area contributed by atoms with Crippen LogP contribution in [0.5, 0.6) is 0 Å². The molecule has 0 unspecified atom stereocenters. The number of hydrogen-bond acceptors (Lipinski definition) is 1. The van der Waals surface area contributed by atoms with Crippen molar-refractivity contribution < 1.29 is 0 Å². The van der Waals surface area contributed by atoms with Crippen molar-refractivity contribution in [2.45, 2.75) is 39.0 Å². The lowest BCUT2D eigenvalue weighted by Crippen LogP contribution is -1.87. The van der Waals surface area contributed by atoms with Gasteiger partial charge in [-0.3, -0.25) is 4.99 Å². The maximum Gasteiger partial charge on any atom is 0.0255 e. The normalized spacial score (nSPS) is 24.7. The van der Waals surface area contributed by atoms with E-state index in [1.807, 2.05) is 12.4 Å². The second kappa shape index (κ2) is 4.26. The summed E-state index contributed by atoms with van der Waals surface area (Å²) in [5, 5.41) is 0. The Balaban J connectivity index is 2.49. The van der Waals surface area contributed by atoms with Crippen LogP contribution in [0.3, 0.4) is 0 Å². The minimum atomic E-state index is 1.16. The van der Waals surface area contributed by atoms with Gasteiger partial charge in [0.2, 0.25) is 0 Å². The standard InChI is InChI=1S/C9H15N/c1-2-9-6-4-3-5-7-10-8-9/h7-8H,2-6H2,1H3/b9-8-,10-7?. The first kappa shape index (κ1) is 7.52. The smallest absolute Gasteiger partial charge is 0.0255 e. The first-order valence-corrected chi connectivity index (χ1v) is 4.13. The molecular formula is C9H15N. The molecule has 0 spiro atoms. The predicted molar refractivity (Wildman–Crippen MR) is 45.3 cm³/mol. The number of aliphatic imine (C=N–C) groups is 1. The second-order valence-electron chi connectivity index (χ2n) is 2.72. The SMILES string of the molecule is CC/C1=C/N=CCCCC1. The number of allylic oxidation sites excluding steroid dienone is 1. The molecule has 1 heteroatoms. The van der Waals surface area contributed by atoms with Gasteiger partial charge in [-0.05, 0) is 32.1 Å². The van der Waals surface area contributed by atoms with Gasteiger partial charge in [-0.2, -0.15) is 0 Å². The van der Waals surface area contributed by atoms with E-state index in [0.717, 1.165) is 12.8 Å². The zero-order chi connectivity index (χ0) is 7.23. The van der Waals surface area contributed by atoms with Crippen LogP contribution in [0.4, 0.5) is 0 Å². The van der Waals surface area contributed by atoms with Crippen molar-refractivity contribution >= 4 is 6.21 Å². The van der Waals surface area contributed by atoms with E-state index in [4.69, 9.17) is 0 Å². The highest BCUT2D eigenvalue weighted by Gasteiger charge is 1.95. The van der Waals surface area contributed by atoms with Gasteiger partial charge in [-0.15, -0.1) is 0 Å². The van der Waals surface area contributed by atoms with Crippen molar-refractivity contribution in [3.8, 4) is 0 Å². The summed E-state index contributed by atoms with van der Waals surface area (Å²) in [6, 6.07) is 0. The van der Waals surface area contributed by atoms with E-state index in [-0.39, 0.29) is 0 Å². The highest BCUT2D eigenvalue weighted by Crippen LogP contribution is 2.13. The Kier molecular flexibility index (Phi) is 3.20. The van der Waals surface area contributed by atoms with E-state index in [1.54, 1.807) is 0 Å². The molecular weight excluding hydrogens is 122 g/mol. The molecule has 0 saturated heterocycles. The summed E-state index contributed by atoms with van der Waals surface area (Å²) >= 11 is 0. The lowest BCUT2D eigenvalue weighted by Gasteiger charge is -2.03. The molecule has 0 aliphatic carbocycles. The molecule has 1 aliphatic heterocycles. The van der Waals surface area contributed by atoms with Gasteiger partial charge in [0.15, 0.2) is 0 Å². The molecule has 0 N–H and O–H groups in total. The van der Waals surface area contributed by atoms with Crippen molar-refractivity contribution in [3.05, 3.63) is 11.8 Å². The van der Waals surface area contributed by atoms with Gasteiger partial charge in [0.05, 0.1) is 0 Å². The van der Waals surface area contributed by atoms with Gasteiger partial charge in [0.1, 0.15) is 0 Å². The molecule has 0 saturated carbocycles. The first-order valence-electron chi connectivity index (χ1n) is 4.13. The van der Waals surface area contributed by atoms with Crippen LogP contribution in [0.25, 0.3) is 0 Å². The average molecular weight is 137 g/mol. The molecule has 0 bridgehead atoms. The van der Waals surface area contributed by atoms with Crippen LogP contribution in [0.15, 0.2) is 16.8 Å².